The average Bonchev–Trinajstić information content (AvgIpc) is 3.80. The first-order valence-electron chi connectivity index (χ1n) is 16.9. The maximum absolute atomic E-state index is 16.2. The highest BCUT2D eigenvalue weighted by molar-refractivity contribution is 7.10. The van der Waals surface area contributed by atoms with Crippen LogP contribution < -0.4 is 16.0 Å². The molecule has 5 rings (SSSR count). The van der Waals surface area contributed by atoms with Crippen LogP contribution >= 0.6 is 11.3 Å². The second kappa shape index (κ2) is 15.9. The molecule has 14 nitrogen and oxygen atoms in total. The van der Waals surface area contributed by atoms with Crippen LogP contribution in [0.15, 0.2) is 59.0 Å². The molecular weight excluding hydrogens is 730 g/mol. The molecule has 2 heterocycles. The monoisotopic (exact) mass is 768 g/mol. The third kappa shape index (κ3) is 9.01. The van der Waals surface area contributed by atoms with Gasteiger partial charge in [-0.3, -0.25) is 25.1 Å². The van der Waals surface area contributed by atoms with Gasteiger partial charge in [0.15, 0.2) is 5.67 Å². The predicted octanol–water partition coefficient (Wildman–Crippen LogP) is 5.96. The zero-order valence-corrected chi connectivity index (χ0v) is 30.7. The topological polar surface area (TPSA) is 199 Å². The van der Waals surface area contributed by atoms with Gasteiger partial charge in [-0.25, -0.2) is 9.18 Å². The molecule has 3 aromatic rings. The van der Waals surface area contributed by atoms with Crippen molar-refractivity contribution in [2.24, 2.45) is 5.11 Å². The summed E-state index contributed by atoms with van der Waals surface area (Å²) < 4.78 is 56.7. The molecule has 1 aliphatic heterocycles. The van der Waals surface area contributed by atoms with E-state index in [-0.39, 0.29) is 41.2 Å². The number of benzene rings is 2. The summed E-state index contributed by atoms with van der Waals surface area (Å²) in [6.07, 6.45) is -1.24. The van der Waals surface area contributed by atoms with Crippen molar-refractivity contribution in [3.8, 4) is 11.1 Å². The lowest BCUT2D eigenvalue weighted by Gasteiger charge is -2.25. The van der Waals surface area contributed by atoms with Crippen molar-refractivity contribution >= 4 is 41.0 Å². The van der Waals surface area contributed by atoms with Crippen LogP contribution in [0.25, 0.3) is 21.6 Å². The molecule has 286 valence electrons. The van der Waals surface area contributed by atoms with Crippen LogP contribution in [0.2, 0.25) is 0 Å². The highest BCUT2D eigenvalue weighted by atomic mass is 32.1. The summed E-state index contributed by atoms with van der Waals surface area (Å²) >= 11 is 1.20. The maximum atomic E-state index is 16.2. The summed E-state index contributed by atoms with van der Waals surface area (Å²) in [5.41, 5.74) is 6.00. The number of alkyl carbamates (subject to hydrolysis) is 1. The van der Waals surface area contributed by atoms with Crippen LogP contribution in [-0.4, -0.2) is 84.7 Å². The van der Waals surface area contributed by atoms with Gasteiger partial charge in [0.2, 0.25) is 11.8 Å². The first kappa shape index (κ1) is 39.8. The van der Waals surface area contributed by atoms with E-state index in [1.54, 1.807) is 45.2 Å². The van der Waals surface area contributed by atoms with Crippen LogP contribution in [0.4, 0.5) is 18.0 Å². The minimum atomic E-state index is -3.24. The smallest absolute Gasteiger partial charge is 0.413 e. The van der Waals surface area contributed by atoms with Crippen LogP contribution in [0.3, 0.4) is 0 Å². The average molecular weight is 769 g/mol. The number of fused-ring (bicyclic) bond motifs is 3. The fraction of sp³-hybridized carbons (Fsp3) is 0.417. The Hall–Kier alpha value is -5.45. The molecule has 2 aliphatic rings. The molecule has 0 radical (unpaired) electrons. The first-order valence-corrected chi connectivity index (χ1v) is 17.8. The highest BCUT2D eigenvalue weighted by Crippen LogP contribution is 2.51. The number of likely N-dealkylation sites (tertiary alicyclic amines) is 1. The lowest BCUT2D eigenvalue weighted by atomic mass is 10.0. The molecule has 1 saturated heterocycles. The number of carbonyl (C=O) groups excluding carboxylic acids is 4. The van der Waals surface area contributed by atoms with E-state index in [2.05, 4.69) is 26.0 Å². The van der Waals surface area contributed by atoms with Gasteiger partial charge in [0, 0.05) is 50.4 Å². The number of alkyl halides is 3. The highest BCUT2D eigenvalue weighted by Gasteiger charge is 2.50. The molecule has 54 heavy (non-hydrogen) atoms. The fourth-order valence-corrected chi connectivity index (χ4v) is 7.10. The molecule has 0 bridgehead atoms. The summed E-state index contributed by atoms with van der Waals surface area (Å²) in [4.78, 5) is 56.7. The quantitative estimate of drug-likeness (QED) is 0.0438. The third-order valence-electron chi connectivity index (χ3n) is 8.67. The predicted molar refractivity (Wildman–Crippen MR) is 193 cm³/mol. The molecule has 4 amide bonds. The Balaban J connectivity index is 1.26. The van der Waals surface area contributed by atoms with Gasteiger partial charge in [0.25, 0.3) is 11.8 Å². The molecule has 0 spiro atoms. The van der Waals surface area contributed by atoms with E-state index >= 15 is 13.2 Å². The molecule has 1 aromatic heterocycles. The Kier molecular flexibility index (Phi) is 11.7. The zero-order chi connectivity index (χ0) is 39.4. The fourth-order valence-electron chi connectivity index (χ4n) is 6.19. The normalized spacial score (nSPS) is 18.8. The molecule has 1 fully saturated rings. The molecule has 1 aliphatic carbocycles. The lowest BCUT2D eigenvalue weighted by Crippen LogP contribution is -2.49. The van der Waals surface area contributed by atoms with E-state index in [4.69, 9.17) is 20.4 Å². The summed E-state index contributed by atoms with van der Waals surface area (Å²) in [6.45, 7) is 4.89. The van der Waals surface area contributed by atoms with Crippen molar-refractivity contribution in [1.82, 2.24) is 20.9 Å². The van der Waals surface area contributed by atoms with Crippen LogP contribution in [0.1, 0.15) is 72.1 Å². The van der Waals surface area contributed by atoms with Crippen molar-refractivity contribution in [2.75, 3.05) is 32.8 Å². The van der Waals surface area contributed by atoms with Gasteiger partial charge >= 0.3 is 6.09 Å². The van der Waals surface area contributed by atoms with E-state index in [1.165, 1.54) is 47.7 Å². The number of nitrogens with one attached hydrogen (secondary N) is 4. The number of thiophene rings is 1. The molecule has 4 N–H and O–H groups in total. The Labute approximate surface area is 312 Å². The molecule has 3 atom stereocenters. The first-order chi connectivity index (χ1) is 25.4. The largest absolute Gasteiger partial charge is 0.444 e. The second-order valence-corrected chi connectivity index (χ2v) is 14.9. The number of hydrogen-bond acceptors (Lipinski definition) is 9. The Morgan fingerprint density at radius 3 is 2.54 bits per heavy atom. The molecular formula is C36H39F3N8O6S. The molecule has 0 unspecified atom stereocenters. The zero-order valence-electron chi connectivity index (χ0n) is 29.9. The Morgan fingerprint density at radius 1 is 1.09 bits per heavy atom. The standard InChI is InChI=1S/C36H39F3N8O6S/c1-20(28-14-22(17-54-28)30(40)45-33(51)53-34(2,3)4)44-32(50)27-15-35(37,19-52-12-11-43-46-41)18-47(27)29(48)16-42-31(49)21-9-10-26-24(13-21)23-7-5-6-8-25(23)36(26,38)39/h5-10,13-14,17,20,27H,11-12,15-16,18-19H2,1-4H3,(H,42,49)(H,44,50)(H2,40,45,51)/t20-,27+,35-/m1/s1. The minimum absolute atomic E-state index is 0.0246. The van der Waals surface area contributed by atoms with Crippen molar-refractivity contribution in [2.45, 2.75) is 63.4 Å². The molecule has 18 heteroatoms. The van der Waals surface area contributed by atoms with Gasteiger partial charge in [-0.1, -0.05) is 35.4 Å². The van der Waals surface area contributed by atoms with E-state index in [0.717, 1.165) is 4.90 Å². The maximum Gasteiger partial charge on any atom is 0.413 e. The van der Waals surface area contributed by atoms with E-state index in [9.17, 15) is 19.2 Å². The summed E-state index contributed by atoms with van der Waals surface area (Å²) in [5, 5.41) is 20.8. The van der Waals surface area contributed by atoms with Gasteiger partial charge in [-0.05, 0) is 62.6 Å². The van der Waals surface area contributed by atoms with Crippen molar-refractivity contribution < 1.29 is 41.8 Å². The number of amides is 4. The van der Waals surface area contributed by atoms with Gasteiger partial charge in [-0.15, -0.1) is 11.3 Å². The van der Waals surface area contributed by atoms with Crippen LogP contribution in [0.5, 0.6) is 0 Å². The lowest BCUT2D eigenvalue weighted by molar-refractivity contribution is -0.138. The van der Waals surface area contributed by atoms with Crippen molar-refractivity contribution in [3.05, 3.63) is 91.5 Å². The number of ether oxygens (including phenoxy) is 2. The van der Waals surface area contributed by atoms with Gasteiger partial charge in [0.05, 0.1) is 32.3 Å². The Bertz CT molecular complexity index is 2010. The number of rotatable bonds is 12. The summed E-state index contributed by atoms with van der Waals surface area (Å²) in [7, 11) is 0. The molecule has 0 saturated carbocycles. The SMILES string of the molecule is C[C@@H](NC(=O)[C@@H]1C[C@](F)(COCCN=[N+]=[N-])CN1C(=O)CNC(=O)c1ccc2c(c1)-c1ccccc1C2(F)F)c1cc(C(=N)NC(=O)OC(C)(C)C)cs1. The number of amidine groups is 1. The van der Waals surface area contributed by atoms with E-state index in [0.29, 0.717) is 16.0 Å². The minimum Gasteiger partial charge on any atom is -0.444 e. The van der Waals surface area contributed by atoms with Gasteiger partial charge < -0.3 is 25.0 Å². The molecule has 2 aromatic carbocycles. The van der Waals surface area contributed by atoms with Gasteiger partial charge in [-0.2, -0.15) is 8.78 Å². The second-order valence-electron chi connectivity index (χ2n) is 13.9. The number of hydrogen-bond donors (Lipinski definition) is 4. The van der Waals surface area contributed by atoms with E-state index < -0.39 is 79.2 Å². The van der Waals surface area contributed by atoms with Crippen LogP contribution in [-0.2, 0) is 25.0 Å². The third-order valence-corrected chi connectivity index (χ3v) is 9.78. The summed E-state index contributed by atoms with van der Waals surface area (Å²) in [5.74, 6) is -5.65. The number of azide groups is 1. The Morgan fingerprint density at radius 2 is 1.81 bits per heavy atom. The number of nitrogens with zero attached hydrogens (tertiary/aromatic N) is 4. The van der Waals surface area contributed by atoms with Crippen molar-refractivity contribution in [3.63, 3.8) is 0 Å². The van der Waals surface area contributed by atoms with Gasteiger partial charge in [0.1, 0.15) is 17.5 Å². The number of halogens is 3. The number of carbonyl (C=O) groups is 4. The van der Waals surface area contributed by atoms with Crippen molar-refractivity contribution in [1.29, 1.82) is 5.41 Å². The van der Waals surface area contributed by atoms with E-state index in [1.807, 2.05) is 0 Å². The van der Waals surface area contributed by atoms with Crippen LogP contribution in [0, 0.1) is 5.41 Å². The summed E-state index contributed by atoms with van der Waals surface area (Å²) in [6, 6.07) is 9.34.